The fraction of sp³-hybridized carbons (Fsp3) is 0.833. The minimum absolute atomic E-state index is 0.215. The van der Waals surface area contributed by atoms with E-state index in [1.807, 2.05) is 13.8 Å². The molecule has 0 aromatic carbocycles. The van der Waals surface area contributed by atoms with Crippen LogP contribution in [0.2, 0.25) is 0 Å². The lowest BCUT2D eigenvalue weighted by atomic mass is 10.1. The van der Waals surface area contributed by atoms with Crippen molar-refractivity contribution in [3.8, 4) is 0 Å². The van der Waals surface area contributed by atoms with Crippen LogP contribution in [0.5, 0.6) is 0 Å². The van der Waals surface area contributed by atoms with Crippen molar-refractivity contribution >= 4 is 11.9 Å². The molecule has 0 aromatic heterocycles. The van der Waals surface area contributed by atoms with E-state index < -0.39 is 12.0 Å². The number of nitrogens with one attached hydrogen (secondary N) is 1. The van der Waals surface area contributed by atoms with Gasteiger partial charge in [0.2, 0.25) is 5.91 Å². The molecule has 1 amide bonds. The van der Waals surface area contributed by atoms with Crippen molar-refractivity contribution in [2.45, 2.75) is 52.0 Å². The van der Waals surface area contributed by atoms with Gasteiger partial charge in [-0.1, -0.05) is 19.8 Å². The summed E-state index contributed by atoms with van der Waals surface area (Å²) in [6, 6.07) is -0.755. The number of carboxylic acids is 1. The van der Waals surface area contributed by atoms with Gasteiger partial charge in [-0.2, -0.15) is 0 Å². The van der Waals surface area contributed by atoms with Gasteiger partial charge in [-0.3, -0.25) is 4.79 Å². The number of aliphatic carboxylic acids is 1. The average molecular weight is 245 g/mol. The number of amides is 1. The van der Waals surface area contributed by atoms with Crippen molar-refractivity contribution in [1.29, 1.82) is 0 Å². The fourth-order valence-electron chi connectivity index (χ4n) is 1.41. The zero-order chi connectivity index (χ0) is 13.1. The van der Waals surface area contributed by atoms with Crippen LogP contribution in [0.1, 0.15) is 46.0 Å². The van der Waals surface area contributed by atoms with Gasteiger partial charge in [0.05, 0.1) is 0 Å². The van der Waals surface area contributed by atoms with Gasteiger partial charge in [0.15, 0.2) is 0 Å². The second-order valence-corrected chi connectivity index (χ2v) is 3.90. The van der Waals surface area contributed by atoms with Crippen LogP contribution in [0.3, 0.4) is 0 Å². The Hall–Kier alpha value is -1.10. The largest absolute Gasteiger partial charge is 0.480 e. The predicted octanol–water partition coefficient (Wildman–Crippen LogP) is 1.56. The number of unbranched alkanes of at least 4 members (excludes halogenated alkanes) is 1. The first-order valence-electron chi connectivity index (χ1n) is 6.21. The molecule has 0 unspecified atom stereocenters. The van der Waals surface area contributed by atoms with Crippen molar-refractivity contribution in [1.82, 2.24) is 5.32 Å². The summed E-state index contributed by atoms with van der Waals surface area (Å²) >= 11 is 0. The first-order chi connectivity index (χ1) is 8.11. The minimum Gasteiger partial charge on any atom is -0.480 e. The summed E-state index contributed by atoms with van der Waals surface area (Å²) in [5.41, 5.74) is 0. The highest BCUT2D eigenvalue weighted by Gasteiger charge is 2.18. The summed E-state index contributed by atoms with van der Waals surface area (Å²) in [7, 11) is 0. The SMILES string of the molecule is CCCC[C@H](NC(=O)CCCOCC)C(=O)O. The Kier molecular flexibility index (Phi) is 9.43. The second kappa shape index (κ2) is 10.1. The van der Waals surface area contributed by atoms with E-state index in [2.05, 4.69) is 5.32 Å². The molecule has 0 heterocycles. The van der Waals surface area contributed by atoms with Crippen molar-refractivity contribution in [3.05, 3.63) is 0 Å². The molecule has 0 bridgehead atoms. The van der Waals surface area contributed by atoms with Crippen LogP contribution in [0.4, 0.5) is 0 Å². The highest BCUT2D eigenvalue weighted by atomic mass is 16.5. The number of rotatable bonds is 10. The first kappa shape index (κ1) is 15.9. The maximum atomic E-state index is 11.5. The third-order valence-corrected chi connectivity index (χ3v) is 2.38. The highest BCUT2D eigenvalue weighted by Crippen LogP contribution is 2.02. The summed E-state index contributed by atoms with van der Waals surface area (Å²) in [6.07, 6.45) is 3.15. The van der Waals surface area contributed by atoms with Gasteiger partial charge in [-0.05, 0) is 19.8 Å². The van der Waals surface area contributed by atoms with Gasteiger partial charge in [0, 0.05) is 19.6 Å². The molecule has 0 radical (unpaired) electrons. The maximum Gasteiger partial charge on any atom is 0.326 e. The summed E-state index contributed by atoms with van der Waals surface area (Å²) in [4.78, 5) is 22.3. The zero-order valence-corrected chi connectivity index (χ0v) is 10.7. The molecular formula is C12H23NO4. The third kappa shape index (κ3) is 8.68. The Morgan fingerprint density at radius 3 is 2.53 bits per heavy atom. The predicted molar refractivity (Wildman–Crippen MR) is 64.8 cm³/mol. The molecule has 0 aliphatic heterocycles. The van der Waals surface area contributed by atoms with E-state index in [4.69, 9.17) is 9.84 Å². The molecule has 0 fully saturated rings. The Morgan fingerprint density at radius 1 is 1.29 bits per heavy atom. The quantitative estimate of drug-likeness (QED) is 0.573. The molecule has 0 aliphatic rings. The monoisotopic (exact) mass is 245 g/mol. The van der Waals surface area contributed by atoms with Crippen LogP contribution in [0, 0.1) is 0 Å². The minimum atomic E-state index is -0.961. The van der Waals surface area contributed by atoms with Crippen LogP contribution in [0.15, 0.2) is 0 Å². The Bertz CT molecular complexity index is 231. The summed E-state index contributed by atoms with van der Waals surface area (Å²) in [5.74, 6) is -1.18. The maximum absolute atomic E-state index is 11.5. The molecular weight excluding hydrogens is 222 g/mol. The first-order valence-corrected chi connectivity index (χ1v) is 6.21. The molecule has 0 rings (SSSR count). The molecule has 1 atom stereocenters. The lowest BCUT2D eigenvalue weighted by Crippen LogP contribution is -2.40. The van der Waals surface area contributed by atoms with Gasteiger partial charge in [0.1, 0.15) is 6.04 Å². The van der Waals surface area contributed by atoms with E-state index in [-0.39, 0.29) is 5.91 Å². The van der Waals surface area contributed by atoms with Gasteiger partial charge in [-0.15, -0.1) is 0 Å². The number of hydrogen-bond acceptors (Lipinski definition) is 3. The Morgan fingerprint density at radius 2 is 2.00 bits per heavy atom. The molecule has 0 saturated heterocycles. The molecule has 2 N–H and O–H groups in total. The van der Waals surface area contributed by atoms with Crippen molar-refractivity contribution < 1.29 is 19.4 Å². The van der Waals surface area contributed by atoms with Crippen LogP contribution < -0.4 is 5.32 Å². The smallest absolute Gasteiger partial charge is 0.326 e. The molecule has 17 heavy (non-hydrogen) atoms. The van der Waals surface area contributed by atoms with Crippen molar-refractivity contribution in [2.75, 3.05) is 13.2 Å². The number of ether oxygens (including phenoxy) is 1. The second-order valence-electron chi connectivity index (χ2n) is 3.90. The zero-order valence-electron chi connectivity index (χ0n) is 10.7. The topological polar surface area (TPSA) is 75.6 Å². The number of carbonyl (C=O) groups is 2. The van der Waals surface area contributed by atoms with E-state index in [9.17, 15) is 9.59 Å². The van der Waals surface area contributed by atoms with Gasteiger partial charge >= 0.3 is 5.97 Å². The lowest BCUT2D eigenvalue weighted by molar-refractivity contribution is -0.142. The molecule has 100 valence electrons. The molecule has 5 nitrogen and oxygen atoms in total. The molecule has 5 heteroatoms. The fourth-order valence-corrected chi connectivity index (χ4v) is 1.41. The van der Waals surface area contributed by atoms with Crippen LogP contribution in [-0.4, -0.2) is 36.2 Å². The van der Waals surface area contributed by atoms with Gasteiger partial charge in [0.25, 0.3) is 0 Å². The molecule has 0 aliphatic carbocycles. The molecule has 0 spiro atoms. The van der Waals surface area contributed by atoms with Crippen LogP contribution in [0.25, 0.3) is 0 Å². The third-order valence-electron chi connectivity index (χ3n) is 2.38. The van der Waals surface area contributed by atoms with E-state index in [1.165, 1.54) is 0 Å². The normalized spacial score (nSPS) is 12.1. The van der Waals surface area contributed by atoms with E-state index in [0.717, 1.165) is 12.8 Å². The number of carbonyl (C=O) groups excluding carboxylic acids is 1. The van der Waals surface area contributed by atoms with Crippen LogP contribution in [-0.2, 0) is 14.3 Å². The van der Waals surface area contributed by atoms with E-state index >= 15 is 0 Å². The number of carboxylic acid groups (broad SMARTS) is 1. The standard InChI is InChI=1S/C12H23NO4/c1-3-5-7-10(12(15)16)13-11(14)8-6-9-17-4-2/h10H,3-9H2,1-2H3,(H,13,14)(H,15,16)/t10-/m0/s1. The lowest BCUT2D eigenvalue weighted by Gasteiger charge is -2.13. The Balaban J connectivity index is 3.83. The summed E-state index contributed by atoms with van der Waals surface area (Å²) < 4.78 is 5.10. The summed E-state index contributed by atoms with van der Waals surface area (Å²) in [5, 5.41) is 11.5. The Labute approximate surface area is 103 Å². The molecule has 0 aromatic rings. The van der Waals surface area contributed by atoms with Gasteiger partial charge in [-0.25, -0.2) is 4.79 Å². The molecule has 0 saturated carbocycles. The highest BCUT2D eigenvalue weighted by molar-refractivity contribution is 5.83. The van der Waals surface area contributed by atoms with Crippen molar-refractivity contribution in [2.24, 2.45) is 0 Å². The van der Waals surface area contributed by atoms with E-state index in [1.54, 1.807) is 0 Å². The van der Waals surface area contributed by atoms with E-state index in [0.29, 0.717) is 32.5 Å². The van der Waals surface area contributed by atoms with Crippen LogP contribution >= 0.6 is 0 Å². The van der Waals surface area contributed by atoms with Gasteiger partial charge < -0.3 is 15.2 Å². The summed E-state index contributed by atoms with van der Waals surface area (Å²) in [6.45, 7) is 5.06. The van der Waals surface area contributed by atoms with Crippen molar-refractivity contribution in [3.63, 3.8) is 0 Å². The average Bonchev–Trinajstić information content (AvgIpc) is 2.29. The number of hydrogen-bond donors (Lipinski definition) is 2.